The monoisotopic (exact) mass is 423 g/mol. The summed E-state index contributed by atoms with van der Waals surface area (Å²) in [6, 6.07) is 28.3. The zero-order valence-electron chi connectivity index (χ0n) is 18.4. The molecule has 0 aliphatic heterocycles. The standard InChI is InChI=1S/C28H29N3O/c1-2-25(20-11-5-3-6-12-20)30-27(32)19-24-22-15-9-10-16-26(22)31-28(23(24)17-18-29)21-13-7-4-8-14-21/h3-16,25H,2,17-19,29H2,1H3,(H,30,32)/t25-/m0/s1. The van der Waals surface area contributed by atoms with E-state index in [1.165, 1.54) is 0 Å². The molecule has 0 fully saturated rings. The van der Waals surface area contributed by atoms with Gasteiger partial charge in [0.2, 0.25) is 5.91 Å². The lowest BCUT2D eigenvalue weighted by atomic mass is 9.92. The Kier molecular flexibility index (Phi) is 6.93. The number of pyridine rings is 1. The van der Waals surface area contributed by atoms with Gasteiger partial charge in [-0.15, -0.1) is 0 Å². The minimum atomic E-state index is -0.0108. The van der Waals surface area contributed by atoms with Crippen LogP contribution in [0.5, 0.6) is 0 Å². The number of carbonyl (C=O) groups is 1. The lowest BCUT2D eigenvalue weighted by Gasteiger charge is -2.20. The summed E-state index contributed by atoms with van der Waals surface area (Å²) in [5.41, 5.74) is 12.0. The molecule has 4 rings (SSSR count). The average molecular weight is 424 g/mol. The second-order valence-electron chi connectivity index (χ2n) is 7.96. The van der Waals surface area contributed by atoms with Crippen LogP contribution in [0, 0.1) is 0 Å². The van der Waals surface area contributed by atoms with Crippen molar-refractivity contribution in [3.05, 3.63) is 102 Å². The fraction of sp³-hybridized carbons (Fsp3) is 0.214. The van der Waals surface area contributed by atoms with Crippen molar-refractivity contribution in [2.24, 2.45) is 5.73 Å². The Balaban J connectivity index is 1.75. The maximum atomic E-state index is 13.2. The molecule has 0 spiro atoms. The molecule has 4 heteroatoms. The molecule has 0 bridgehead atoms. The zero-order valence-corrected chi connectivity index (χ0v) is 18.4. The van der Waals surface area contributed by atoms with Gasteiger partial charge in [0.15, 0.2) is 0 Å². The summed E-state index contributed by atoms with van der Waals surface area (Å²) in [5, 5.41) is 4.25. The van der Waals surface area contributed by atoms with E-state index in [9.17, 15) is 4.79 Å². The van der Waals surface area contributed by atoms with Crippen LogP contribution in [-0.4, -0.2) is 17.4 Å². The van der Waals surface area contributed by atoms with E-state index >= 15 is 0 Å². The third-order valence-corrected chi connectivity index (χ3v) is 5.84. The summed E-state index contributed by atoms with van der Waals surface area (Å²) < 4.78 is 0. The SMILES string of the molecule is CC[C@H](NC(=O)Cc1c(CCN)c(-c2ccccc2)nc2ccccc12)c1ccccc1. The zero-order chi connectivity index (χ0) is 22.3. The number of carbonyl (C=O) groups excluding carboxylic acids is 1. The predicted octanol–water partition coefficient (Wildman–Crippen LogP) is 5.21. The Labute approximate surface area is 189 Å². The van der Waals surface area contributed by atoms with Gasteiger partial charge >= 0.3 is 0 Å². The minimum Gasteiger partial charge on any atom is -0.349 e. The van der Waals surface area contributed by atoms with Crippen LogP contribution in [0.25, 0.3) is 22.2 Å². The van der Waals surface area contributed by atoms with Crippen LogP contribution in [0.2, 0.25) is 0 Å². The molecule has 1 amide bonds. The van der Waals surface area contributed by atoms with Crippen molar-refractivity contribution < 1.29 is 4.79 Å². The van der Waals surface area contributed by atoms with Crippen molar-refractivity contribution in [2.45, 2.75) is 32.2 Å². The number of amides is 1. The number of nitrogens with zero attached hydrogens (tertiary/aromatic N) is 1. The quantitative estimate of drug-likeness (QED) is 0.409. The summed E-state index contributed by atoms with van der Waals surface area (Å²) in [7, 11) is 0. The number of para-hydroxylation sites is 1. The van der Waals surface area contributed by atoms with E-state index in [1.807, 2.05) is 60.7 Å². The smallest absolute Gasteiger partial charge is 0.224 e. The van der Waals surface area contributed by atoms with Crippen LogP contribution in [0.4, 0.5) is 0 Å². The van der Waals surface area contributed by atoms with Gasteiger partial charge in [-0.25, -0.2) is 4.98 Å². The Hall–Kier alpha value is -3.50. The van der Waals surface area contributed by atoms with E-state index in [0.29, 0.717) is 19.4 Å². The van der Waals surface area contributed by atoms with Crippen molar-refractivity contribution in [3.63, 3.8) is 0 Å². The van der Waals surface area contributed by atoms with Gasteiger partial charge in [0, 0.05) is 10.9 Å². The Bertz CT molecular complexity index is 1190. The van der Waals surface area contributed by atoms with Gasteiger partial charge in [0.1, 0.15) is 0 Å². The molecule has 3 N–H and O–H groups in total. The first-order valence-electron chi connectivity index (χ1n) is 11.2. The van der Waals surface area contributed by atoms with Gasteiger partial charge < -0.3 is 11.1 Å². The van der Waals surface area contributed by atoms with Crippen LogP contribution in [0.1, 0.15) is 36.1 Å². The number of aromatic nitrogens is 1. The highest BCUT2D eigenvalue weighted by Gasteiger charge is 2.20. The number of rotatable bonds is 8. The molecule has 0 unspecified atom stereocenters. The molecule has 1 heterocycles. The minimum absolute atomic E-state index is 0.00865. The number of hydrogen-bond acceptors (Lipinski definition) is 3. The van der Waals surface area contributed by atoms with Crippen molar-refractivity contribution in [1.82, 2.24) is 10.3 Å². The van der Waals surface area contributed by atoms with Crippen LogP contribution >= 0.6 is 0 Å². The third kappa shape index (κ3) is 4.71. The van der Waals surface area contributed by atoms with E-state index in [2.05, 4.69) is 36.5 Å². The third-order valence-electron chi connectivity index (χ3n) is 5.84. The molecule has 0 saturated heterocycles. The summed E-state index contributed by atoms with van der Waals surface area (Å²) in [6.07, 6.45) is 1.79. The van der Waals surface area contributed by atoms with E-state index in [4.69, 9.17) is 10.7 Å². The number of fused-ring (bicyclic) bond motifs is 1. The highest BCUT2D eigenvalue weighted by molar-refractivity contribution is 5.92. The van der Waals surface area contributed by atoms with Crippen LogP contribution in [0.15, 0.2) is 84.9 Å². The molecule has 0 saturated carbocycles. The summed E-state index contributed by atoms with van der Waals surface area (Å²) in [6.45, 7) is 2.59. The van der Waals surface area contributed by atoms with Crippen molar-refractivity contribution in [2.75, 3.05) is 6.54 Å². The van der Waals surface area contributed by atoms with Crippen LogP contribution in [-0.2, 0) is 17.6 Å². The lowest BCUT2D eigenvalue weighted by Crippen LogP contribution is -2.30. The molecule has 0 aliphatic carbocycles. The van der Waals surface area contributed by atoms with Crippen LogP contribution in [0.3, 0.4) is 0 Å². The molecule has 0 radical (unpaired) electrons. The Morgan fingerprint density at radius 1 is 0.906 bits per heavy atom. The van der Waals surface area contributed by atoms with Gasteiger partial charge in [-0.2, -0.15) is 0 Å². The van der Waals surface area contributed by atoms with Crippen molar-refractivity contribution >= 4 is 16.8 Å². The van der Waals surface area contributed by atoms with Gasteiger partial charge in [-0.1, -0.05) is 85.8 Å². The molecule has 1 aromatic heterocycles. The number of nitrogens with one attached hydrogen (secondary N) is 1. The van der Waals surface area contributed by atoms with Gasteiger partial charge in [0.05, 0.1) is 23.7 Å². The highest BCUT2D eigenvalue weighted by Crippen LogP contribution is 2.31. The van der Waals surface area contributed by atoms with E-state index in [-0.39, 0.29) is 11.9 Å². The fourth-order valence-corrected chi connectivity index (χ4v) is 4.28. The molecule has 3 aromatic carbocycles. The molecule has 4 aromatic rings. The molecule has 4 nitrogen and oxygen atoms in total. The van der Waals surface area contributed by atoms with E-state index in [1.54, 1.807) is 0 Å². The highest BCUT2D eigenvalue weighted by atomic mass is 16.1. The number of nitrogens with two attached hydrogens (primary N) is 1. The van der Waals surface area contributed by atoms with Gasteiger partial charge in [-0.3, -0.25) is 4.79 Å². The fourth-order valence-electron chi connectivity index (χ4n) is 4.28. The molecule has 162 valence electrons. The number of hydrogen-bond donors (Lipinski definition) is 2. The first-order valence-corrected chi connectivity index (χ1v) is 11.2. The predicted molar refractivity (Wildman–Crippen MR) is 131 cm³/mol. The van der Waals surface area contributed by atoms with Crippen molar-refractivity contribution in [1.29, 1.82) is 0 Å². The molecular formula is C28H29N3O. The molecule has 32 heavy (non-hydrogen) atoms. The van der Waals surface area contributed by atoms with Gasteiger partial charge in [-0.05, 0) is 42.1 Å². The summed E-state index contributed by atoms with van der Waals surface area (Å²) in [5.74, 6) is 0.00865. The summed E-state index contributed by atoms with van der Waals surface area (Å²) >= 11 is 0. The second kappa shape index (κ2) is 10.2. The average Bonchev–Trinajstić information content (AvgIpc) is 2.85. The van der Waals surface area contributed by atoms with Crippen LogP contribution < -0.4 is 11.1 Å². The summed E-state index contributed by atoms with van der Waals surface area (Å²) in [4.78, 5) is 18.2. The second-order valence-corrected chi connectivity index (χ2v) is 7.96. The first kappa shape index (κ1) is 21.7. The molecule has 0 aliphatic rings. The largest absolute Gasteiger partial charge is 0.349 e. The first-order chi connectivity index (χ1) is 15.7. The topological polar surface area (TPSA) is 68.0 Å². The number of benzene rings is 3. The Morgan fingerprint density at radius 2 is 1.56 bits per heavy atom. The van der Waals surface area contributed by atoms with E-state index in [0.717, 1.165) is 45.3 Å². The lowest BCUT2D eigenvalue weighted by molar-refractivity contribution is -0.121. The molecule has 1 atom stereocenters. The Morgan fingerprint density at radius 3 is 2.25 bits per heavy atom. The molecular weight excluding hydrogens is 394 g/mol. The van der Waals surface area contributed by atoms with Gasteiger partial charge in [0.25, 0.3) is 0 Å². The van der Waals surface area contributed by atoms with E-state index < -0.39 is 0 Å². The normalized spacial score (nSPS) is 11.9. The van der Waals surface area contributed by atoms with Crippen molar-refractivity contribution in [3.8, 4) is 11.3 Å². The maximum absolute atomic E-state index is 13.2. The maximum Gasteiger partial charge on any atom is 0.224 e.